The van der Waals surface area contributed by atoms with Crippen LogP contribution >= 0.6 is 11.3 Å². The molecule has 0 aliphatic carbocycles. The van der Waals surface area contributed by atoms with Crippen LogP contribution in [0.15, 0.2) is 23.7 Å². The average Bonchev–Trinajstić information content (AvgIpc) is 2.99. The molecular formula is C20H26FN3OS. The first-order valence-electron chi connectivity index (χ1n) is 9.00. The monoisotopic (exact) mass is 375 g/mol. The van der Waals surface area contributed by atoms with E-state index in [0.29, 0.717) is 16.7 Å². The predicted molar refractivity (Wildman–Crippen MR) is 105 cm³/mol. The van der Waals surface area contributed by atoms with Crippen LogP contribution in [0.1, 0.15) is 44.2 Å². The third-order valence-corrected chi connectivity index (χ3v) is 5.11. The third kappa shape index (κ3) is 4.81. The van der Waals surface area contributed by atoms with Crippen LogP contribution in [0.2, 0.25) is 0 Å². The topological polar surface area (TPSA) is 38.2 Å². The molecule has 0 bridgehead atoms. The predicted octanol–water partition coefficient (Wildman–Crippen LogP) is 5.09. The molecule has 26 heavy (non-hydrogen) atoms. The SMILES string of the molecule is Cc1cnc(OC(C)(C)C)c(N2CCC(/C=C/c3sccc3F)CC2)n1. The largest absolute Gasteiger partial charge is 0.469 e. The minimum absolute atomic E-state index is 0.136. The van der Waals surface area contributed by atoms with Crippen molar-refractivity contribution in [3.8, 4) is 5.88 Å². The molecule has 3 heterocycles. The van der Waals surface area contributed by atoms with Crippen molar-refractivity contribution in [3.05, 3.63) is 40.1 Å². The molecule has 1 fully saturated rings. The lowest BCUT2D eigenvalue weighted by Crippen LogP contribution is -2.35. The van der Waals surface area contributed by atoms with Gasteiger partial charge in [0.2, 0.25) is 0 Å². The number of piperidine rings is 1. The lowest BCUT2D eigenvalue weighted by atomic mass is 9.96. The van der Waals surface area contributed by atoms with E-state index in [0.717, 1.165) is 37.4 Å². The first kappa shape index (κ1) is 18.8. The normalized spacial score (nSPS) is 16.4. The van der Waals surface area contributed by atoms with Gasteiger partial charge >= 0.3 is 0 Å². The molecule has 0 aromatic carbocycles. The number of allylic oxidation sites excluding steroid dienone is 1. The second kappa shape index (κ2) is 7.74. The number of anilines is 1. The fourth-order valence-electron chi connectivity index (χ4n) is 2.97. The highest BCUT2D eigenvalue weighted by molar-refractivity contribution is 7.10. The minimum atomic E-state index is -0.315. The van der Waals surface area contributed by atoms with Gasteiger partial charge in [0.15, 0.2) is 5.82 Å². The molecule has 3 rings (SSSR count). The highest BCUT2D eigenvalue weighted by Crippen LogP contribution is 2.31. The molecule has 0 atom stereocenters. The summed E-state index contributed by atoms with van der Waals surface area (Å²) in [5.41, 5.74) is 0.571. The summed E-state index contributed by atoms with van der Waals surface area (Å²) in [6.45, 7) is 9.76. The smallest absolute Gasteiger partial charge is 0.258 e. The Morgan fingerprint density at radius 1 is 1.31 bits per heavy atom. The number of ether oxygens (including phenoxy) is 1. The van der Waals surface area contributed by atoms with Gasteiger partial charge in [-0.25, -0.2) is 14.4 Å². The van der Waals surface area contributed by atoms with Gasteiger partial charge in [-0.15, -0.1) is 11.3 Å². The molecule has 1 aliphatic rings. The van der Waals surface area contributed by atoms with Gasteiger partial charge in [-0.05, 0) is 64.0 Å². The summed E-state index contributed by atoms with van der Waals surface area (Å²) in [5.74, 6) is 1.74. The molecule has 140 valence electrons. The summed E-state index contributed by atoms with van der Waals surface area (Å²) in [6, 6.07) is 1.51. The molecule has 0 spiro atoms. The fourth-order valence-corrected chi connectivity index (χ4v) is 3.64. The quantitative estimate of drug-likeness (QED) is 0.746. The molecule has 4 nitrogen and oxygen atoms in total. The lowest BCUT2D eigenvalue weighted by Gasteiger charge is -2.33. The molecule has 2 aromatic heterocycles. The number of nitrogens with zero attached hydrogens (tertiary/aromatic N) is 3. The van der Waals surface area contributed by atoms with Gasteiger partial charge in [-0.2, -0.15) is 0 Å². The van der Waals surface area contributed by atoms with Crippen molar-refractivity contribution in [3.63, 3.8) is 0 Å². The van der Waals surface area contributed by atoms with Crippen molar-refractivity contribution in [2.75, 3.05) is 18.0 Å². The van der Waals surface area contributed by atoms with Gasteiger partial charge in [0.05, 0.1) is 16.8 Å². The summed E-state index contributed by atoms with van der Waals surface area (Å²) in [6.07, 6.45) is 7.82. The average molecular weight is 376 g/mol. The van der Waals surface area contributed by atoms with E-state index in [1.807, 2.05) is 33.8 Å². The number of halogens is 1. The zero-order valence-corrected chi connectivity index (χ0v) is 16.6. The maximum Gasteiger partial charge on any atom is 0.258 e. The second-order valence-corrected chi connectivity index (χ2v) is 8.62. The van der Waals surface area contributed by atoms with Crippen LogP contribution in [0.5, 0.6) is 5.88 Å². The Morgan fingerprint density at radius 2 is 2.04 bits per heavy atom. The van der Waals surface area contributed by atoms with E-state index in [1.54, 1.807) is 11.6 Å². The van der Waals surface area contributed by atoms with Gasteiger partial charge < -0.3 is 9.64 Å². The second-order valence-electron chi connectivity index (χ2n) is 7.67. The standard InChI is InChI=1S/C20H26FN3OS/c1-14-13-22-19(25-20(2,3)4)18(23-14)24-10-7-15(8-11-24)5-6-17-16(21)9-12-26-17/h5-6,9,12-13,15H,7-8,10-11H2,1-4H3/b6-5+. The molecular weight excluding hydrogens is 349 g/mol. The number of rotatable bonds is 4. The van der Waals surface area contributed by atoms with Crippen molar-refractivity contribution < 1.29 is 9.13 Å². The van der Waals surface area contributed by atoms with Crippen LogP contribution in [0, 0.1) is 18.7 Å². The van der Waals surface area contributed by atoms with E-state index < -0.39 is 0 Å². The van der Waals surface area contributed by atoms with Crippen molar-refractivity contribution >= 4 is 23.2 Å². The Hall–Kier alpha value is -1.95. The number of hydrogen-bond donors (Lipinski definition) is 0. The van der Waals surface area contributed by atoms with Crippen LogP contribution in [0.4, 0.5) is 10.2 Å². The van der Waals surface area contributed by atoms with Crippen molar-refractivity contribution in [2.45, 2.75) is 46.1 Å². The molecule has 1 aliphatic heterocycles. The summed E-state index contributed by atoms with van der Waals surface area (Å²) >= 11 is 1.44. The molecule has 2 aromatic rings. The Morgan fingerprint density at radius 3 is 2.65 bits per heavy atom. The summed E-state index contributed by atoms with van der Waals surface area (Å²) in [7, 11) is 0. The minimum Gasteiger partial charge on any atom is -0.469 e. The molecule has 6 heteroatoms. The Kier molecular flexibility index (Phi) is 5.61. The van der Waals surface area contributed by atoms with E-state index in [2.05, 4.69) is 20.9 Å². The summed E-state index contributed by atoms with van der Waals surface area (Å²) in [5, 5.41) is 1.78. The van der Waals surface area contributed by atoms with Crippen LogP contribution < -0.4 is 9.64 Å². The highest BCUT2D eigenvalue weighted by atomic mass is 32.1. The van der Waals surface area contributed by atoms with Gasteiger partial charge in [0, 0.05) is 13.1 Å². The number of aryl methyl sites for hydroxylation is 1. The van der Waals surface area contributed by atoms with Crippen LogP contribution in [-0.4, -0.2) is 28.7 Å². The molecule has 0 amide bonds. The molecule has 0 saturated carbocycles. The summed E-state index contributed by atoms with van der Waals surface area (Å²) in [4.78, 5) is 12.1. The molecule has 0 N–H and O–H groups in total. The van der Waals surface area contributed by atoms with Gasteiger partial charge in [0.25, 0.3) is 5.88 Å². The van der Waals surface area contributed by atoms with E-state index in [9.17, 15) is 4.39 Å². The Bertz CT molecular complexity index is 774. The van der Waals surface area contributed by atoms with Crippen LogP contribution in [0.3, 0.4) is 0 Å². The molecule has 1 saturated heterocycles. The first-order chi connectivity index (χ1) is 12.3. The van der Waals surface area contributed by atoms with Crippen molar-refractivity contribution in [2.24, 2.45) is 5.92 Å². The van der Waals surface area contributed by atoms with E-state index in [-0.39, 0.29) is 11.4 Å². The zero-order valence-electron chi connectivity index (χ0n) is 15.8. The number of aromatic nitrogens is 2. The van der Waals surface area contributed by atoms with E-state index in [4.69, 9.17) is 4.74 Å². The van der Waals surface area contributed by atoms with Crippen molar-refractivity contribution in [1.29, 1.82) is 0 Å². The van der Waals surface area contributed by atoms with Crippen molar-refractivity contribution in [1.82, 2.24) is 9.97 Å². The van der Waals surface area contributed by atoms with Gasteiger partial charge in [-0.3, -0.25) is 0 Å². The Labute approximate surface area is 158 Å². The van der Waals surface area contributed by atoms with E-state index in [1.165, 1.54) is 17.4 Å². The summed E-state index contributed by atoms with van der Waals surface area (Å²) < 4.78 is 19.5. The maximum absolute atomic E-state index is 13.5. The highest BCUT2D eigenvalue weighted by Gasteiger charge is 2.24. The maximum atomic E-state index is 13.5. The van der Waals surface area contributed by atoms with Crippen LogP contribution in [-0.2, 0) is 0 Å². The van der Waals surface area contributed by atoms with Gasteiger partial charge in [-0.1, -0.05) is 6.08 Å². The van der Waals surface area contributed by atoms with Crippen LogP contribution in [0.25, 0.3) is 6.08 Å². The fraction of sp³-hybridized carbons (Fsp3) is 0.500. The number of hydrogen-bond acceptors (Lipinski definition) is 5. The zero-order chi connectivity index (χ0) is 18.7. The molecule has 0 radical (unpaired) electrons. The first-order valence-corrected chi connectivity index (χ1v) is 9.88. The third-order valence-electron chi connectivity index (χ3n) is 4.25. The van der Waals surface area contributed by atoms with Gasteiger partial charge in [0.1, 0.15) is 11.4 Å². The molecule has 0 unspecified atom stereocenters. The van der Waals surface area contributed by atoms with E-state index >= 15 is 0 Å². The lowest BCUT2D eigenvalue weighted by molar-refractivity contribution is 0.124. The number of thiophene rings is 1. The Balaban J connectivity index is 1.67.